The van der Waals surface area contributed by atoms with Gasteiger partial charge in [0.25, 0.3) is 5.89 Å². The van der Waals surface area contributed by atoms with Crippen molar-refractivity contribution in [2.24, 2.45) is 0 Å². The molecule has 23 heavy (non-hydrogen) atoms. The zero-order chi connectivity index (χ0) is 16.6. The number of aromatic nitrogens is 2. The first kappa shape index (κ1) is 15.1. The van der Waals surface area contributed by atoms with Gasteiger partial charge >= 0.3 is 6.18 Å². The molecule has 1 aromatic heterocycles. The smallest absolute Gasteiger partial charge is 0.398 e. The Hall–Kier alpha value is -2.83. The molecule has 118 valence electrons. The minimum absolute atomic E-state index is 0.216. The fourth-order valence-corrected chi connectivity index (χ4v) is 2.04. The van der Waals surface area contributed by atoms with Gasteiger partial charge < -0.3 is 10.3 Å². The molecule has 4 nitrogen and oxygen atoms in total. The summed E-state index contributed by atoms with van der Waals surface area (Å²) in [5.74, 6) is 0.472. The van der Waals surface area contributed by atoms with Crippen molar-refractivity contribution >= 4 is 5.69 Å². The predicted molar refractivity (Wildman–Crippen MR) is 79.3 cm³/mol. The summed E-state index contributed by atoms with van der Waals surface area (Å²) in [7, 11) is 0. The van der Waals surface area contributed by atoms with E-state index in [0.29, 0.717) is 16.8 Å². The highest BCUT2D eigenvalue weighted by atomic mass is 19.4. The van der Waals surface area contributed by atoms with Gasteiger partial charge in [-0.25, -0.2) is 0 Å². The van der Waals surface area contributed by atoms with E-state index >= 15 is 0 Å². The van der Waals surface area contributed by atoms with Crippen molar-refractivity contribution in [1.82, 2.24) is 10.1 Å². The molecule has 0 aliphatic rings. The number of benzene rings is 2. The molecule has 0 saturated heterocycles. The van der Waals surface area contributed by atoms with Crippen LogP contribution in [0.25, 0.3) is 22.8 Å². The number of nitrogens with zero attached hydrogens (tertiary/aromatic N) is 2. The van der Waals surface area contributed by atoms with Crippen molar-refractivity contribution in [3.05, 3.63) is 53.6 Å². The molecule has 0 aliphatic heterocycles. The number of aryl methyl sites for hydroxylation is 1. The Bertz CT molecular complexity index is 839. The standard InChI is InChI=1S/C16H12F3N3O/c1-9-2-3-11(8-13(9)20)15-21-14(22-23-15)10-4-6-12(7-5-10)16(17,18)19/h2-8H,20H2,1H3. The average molecular weight is 319 g/mol. The average Bonchev–Trinajstić information content (AvgIpc) is 2.99. The lowest BCUT2D eigenvalue weighted by atomic mass is 10.1. The van der Waals surface area contributed by atoms with Gasteiger partial charge in [0.05, 0.1) is 5.56 Å². The zero-order valence-electron chi connectivity index (χ0n) is 12.1. The summed E-state index contributed by atoms with van der Waals surface area (Å²) in [6.07, 6.45) is -4.37. The van der Waals surface area contributed by atoms with Crippen LogP contribution in [0.2, 0.25) is 0 Å². The zero-order valence-corrected chi connectivity index (χ0v) is 12.1. The highest BCUT2D eigenvalue weighted by Crippen LogP contribution is 2.31. The molecule has 1 heterocycles. The second-order valence-corrected chi connectivity index (χ2v) is 5.07. The third-order valence-corrected chi connectivity index (χ3v) is 3.42. The van der Waals surface area contributed by atoms with Crippen LogP contribution in [-0.4, -0.2) is 10.1 Å². The Morgan fingerprint density at radius 3 is 2.26 bits per heavy atom. The number of alkyl halides is 3. The summed E-state index contributed by atoms with van der Waals surface area (Å²) in [5.41, 5.74) is 7.72. The van der Waals surface area contributed by atoms with Crippen molar-refractivity contribution < 1.29 is 17.7 Å². The summed E-state index contributed by atoms with van der Waals surface area (Å²) in [5, 5.41) is 3.80. The van der Waals surface area contributed by atoms with Gasteiger partial charge in [-0.2, -0.15) is 18.2 Å². The molecular weight excluding hydrogens is 307 g/mol. The van der Waals surface area contributed by atoms with Gasteiger partial charge in [0, 0.05) is 16.8 Å². The Morgan fingerprint density at radius 2 is 1.65 bits per heavy atom. The van der Waals surface area contributed by atoms with E-state index in [9.17, 15) is 13.2 Å². The van der Waals surface area contributed by atoms with Crippen molar-refractivity contribution in [3.63, 3.8) is 0 Å². The van der Waals surface area contributed by atoms with Gasteiger partial charge in [0.1, 0.15) is 0 Å². The van der Waals surface area contributed by atoms with E-state index in [1.54, 1.807) is 12.1 Å². The van der Waals surface area contributed by atoms with Crippen LogP contribution in [0.1, 0.15) is 11.1 Å². The van der Waals surface area contributed by atoms with E-state index in [2.05, 4.69) is 10.1 Å². The molecule has 0 bridgehead atoms. The van der Waals surface area contributed by atoms with Crippen LogP contribution in [0.5, 0.6) is 0 Å². The maximum atomic E-state index is 12.6. The number of nitrogen functional groups attached to an aromatic ring is 1. The summed E-state index contributed by atoms with van der Waals surface area (Å²) in [4.78, 5) is 4.20. The number of hydrogen-bond acceptors (Lipinski definition) is 4. The first-order chi connectivity index (χ1) is 10.8. The predicted octanol–water partition coefficient (Wildman–Crippen LogP) is 4.31. The van der Waals surface area contributed by atoms with Gasteiger partial charge in [-0.1, -0.05) is 23.4 Å². The van der Waals surface area contributed by atoms with Crippen LogP contribution in [0.15, 0.2) is 47.0 Å². The highest BCUT2D eigenvalue weighted by molar-refractivity contribution is 5.64. The van der Waals surface area contributed by atoms with E-state index in [0.717, 1.165) is 17.7 Å². The molecule has 2 aromatic carbocycles. The molecule has 0 aliphatic carbocycles. The second-order valence-electron chi connectivity index (χ2n) is 5.07. The van der Waals surface area contributed by atoms with Crippen LogP contribution >= 0.6 is 0 Å². The molecule has 7 heteroatoms. The van der Waals surface area contributed by atoms with Crippen molar-refractivity contribution in [2.75, 3.05) is 5.73 Å². The number of rotatable bonds is 2. The fraction of sp³-hybridized carbons (Fsp3) is 0.125. The van der Waals surface area contributed by atoms with Crippen LogP contribution in [0.3, 0.4) is 0 Å². The van der Waals surface area contributed by atoms with Gasteiger partial charge in [-0.3, -0.25) is 0 Å². The Balaban J connectivity index is 1.91. The maximum absolute atomic E-state index is 12.6. The van der Waals surface area contributed by atoms with E-state index < -0.39 is 11.7 Å². The van der Waals surface area contributed by atoms with E-state index in [-0.39, 0.29) is 11.7 Å². The van der Waals surface area contributed by atoms with Crippen molar-refractivity contribution in [3.8, 4) is 22.8 Å². The van der Waals surface area contributed by atoms with Crippen molar-refractivity contribution in [1.29, 1.82) is 0 Å². The Kier molecular flexibility index (Phi) is 3.55. The molecule has 0 radical (unpaired) electrons. The molecule has 3 rings (SSSR count). The summed E-state index contributed by atoms with van der Waals surface area (Å²) < 4.78 is 42.8. The molecular formula is C16H12F3N3O. The number of nitrogens with two attached hydrogens (primary N) is 1. The van der Waals surface area contributed by atoms with Crippen LogP contribution in [0.4, 0.5) is 18.9 Å². The van der Waals surface area contributed by atoms with Crippen molar-refractivity contribution in [2.45, 2.75) is 13.1 Å². The quantitative estimate of drug-likeness (QED) is 0.715. The summed E-state index contributed by atoms with van der Waals surface area (Å²) >= 11 is 0. The topological polar surface area (TPSA) is 64.9 Å². The molecule has 0 amide bonds. The maximum Gasteiger partial charge on any atom is 0.416 e. The third-order valence-electron chi connectivity index (χ3n) is 3.42. The molecule has 2 N–H and O–H groups in total. The first-order valence-corrected chi connectivity index (χ1v) is 6.72. The van der Waals surface area contributed by atoms with Gasteiger partial charge in [-0.15, -0.1) is 0 Å². The summed E-state index contributed by atoms with van der Waals surface area (Å²) in [6, 6.07) is 9.90. The third kappa shape index (κ3) is 3.03. The molecule has 0 saturated carbocycles. The minimum atomic E-state index is -4.37. The lowest BCUT2D eigenvalue weighted by Crippen LogP contribution is -2.04. The van der Waals surface area contributed by atoms with Crippen LogP contribution in [-0.2, 0) is 6.18 Å². The number of anilines is 1. The van der Waals surface area contributed by atoms with Crippen LogP contribution in [0, 0.1) is 6.92 Å². The highest BCUT2D eigenvalue weighted by Gasteiger charge is 2.30. The van der Waals surface area contributed by atoms with Crippen LogP contribution < -0.4 is 5.73 Å². The lowest BCUT2D eigenvalue weighted by Gasteiger charge is -2.05. The van der Waals surface area contributed by atoms with Gasteiger partial charge in [0.15, 0.2) is 0 Å². The molecule has 0 atom stereocenters. The Labute approximate surface area is 129 Å². The van der Waals surface area contributed by atoms with Gasteiger partial charge in [0.2, 0.25) is 5.82 Å². The monoisotopic (exact) mass is 319 g/mol. The Morgan fingerprint density at radius 1 is 1.00 bits per heavy atom. The SMILES string of the molecule is Cc1ccc(-c2nc(-c3ccc(C(F)(F)F)cc3)no2)cc1N. The molecule has 0 unspecified atom stereocenters. The first-order valence-electron chi connectivity index (χ1n) is 6.72. The van der Waals surface area contributed by atoms with E-state index in [1.165, 1.54) is 12.1 Å². The summed E-state index contributed by atoms with van der Waals surface area (Å²) in [6.45, 7) is 1.88. The second kappa shape index (κ2) is 5.42. The molecule has 3 aromatic rings. The molecule has 0 fully saturated rings. The minimum Gasteiger partial charge on any atom is -0.398 e. The largest absolute Gasteiger partial charge is 0.416 e. The molecule has 0 spiro atoms. The number of hydrogen-bond donors (Lipinski definition) is 1. The van der Waals surface area contributed by atoms with Gasteiger partial charge in [-0.05, 0) is 36.8 Å². The van der Waals surface area contributed by atoms with E-state index in [1.807, 2.05) is 13.0 Å². The lowest BCUT2D eigenvalue weighted by molar-refractivity contribution is -0.137. The van der Waals surface area contributed by atoms with E-state index in [4.69, 9.17) is 10.3 Å². The fourth-order valence-electron chi connectivity index (χ4n) is 2.04. The normalized spacial score (nSPS) is 11.7. The number of halogens is 3.